The Kier molecular flexibility index (Phi) is 3.47. The fraction of sp³-hybridized carbons (Fsp3) is 0.250. The first-order valence-corrected chi connectivity index (χ1v) is 5.49. The molecule has 18 heavy (non-hydrogen) atoms. The Hall–Kier alpha value is -2.08. The van der Waals surface area contributed by atoms with Crippen LogP contribution in [0.5, 0.6) is 0 Å². The Morgan fingerprint density at radius 1 is 1.28 bits per heavy atom. The van der Waals surface area contributed by atoms with Crippen molar-refractivity contribution in [3.05, 3.63) is 35.6 Å². The molecule has 0 aromatic heterocycles. The summed E-state index contributed by atoms with van der Waals surface area (Å²) in [6.07, 6.45) is 0.341. The second-order valence-corrected chi connectivity index (χ2v) is 3.91. The van der Waals surface area contributed by atoms with E-state index >= 15 is 0 Å². The normalized spacial score (nSPS) is 19.4. The molecule has 3 N–H and O–H groups in total. The summed E-state index contributed by atoms with van der Waals surface area (Å²) in [6.45, 7) is 0.299. The van der Waals surface area contributed by atoms with Gasteiger partial charge in [0.2, 0.25) is 5.91 Å². The number of halogens is 1. The number of nitrogens with zero attached hydrogens (tertiary/aromatic N) is 1. The van der Waals surface area contributed by atoms with E-state index in [0.717, 1.165) is 0 Å². The molecule has 1 aliphatic heterocycles. The van der Waals surface area contributed by atoms with Crippen molar-refractivity contribution in [1.29, 1.82) is 0 Å². The van der Waals surface area contributed by atoms with Crippen molar-refractivity contribution in [2.75, 3.05) is 6.54 Å². The van der Waals surface area contributed by atoms with Crippen LogP contribution in [0.4, 0.5) is 4.39 Å². The first-order valence-electron chi connectivity index (χ1n) is 5.49. The summed E-state index contributed by atoms with van der Waals surface area (Å²) in [5.41, 5.74) is 5.75. The van der Waals surface area contributed by atoms with Gasteiger partial charge >= 0.3 is 0 Å². The van der Waals surface area contributed by atoms with E-state index in [1.807, 2.05) is 0 Å². The Morgan fingerprint density at radius 3 is 2.50 bits per heavy atom. The molecular weight excluding hydrogens is 237 g/mol. The molecule has 0 radical (unpaired) electrons. The quantitative estimate of drug-likeness (QED) is 0.756. The lowest BCUT2D eigenvalue weighted by Crippen LogP contribution is -2.43. The molecule has 5 nitrogen and oxygen atoms in total. The molecule has 1 aromatic rings. The Balaban J connectivity index is 2.27. The third kappa shape index (κ3) is 2.43. The van der Waals surface area contributed by atoms with E-state index < -0.39 is 23.5 Å². The van der Waals surface area contributed by atoms with Gasteiger partial charge in [-0.25, -0.2) is 4.39 Å². The van der Waals surface area contributed by atoms with E-state index in [0.29, 0.717) is 18.5 Å². The summed E-state index contributed by atoms with van der Waals surface area (Å²) in [7, 11) is 0. The minimum absolute atomic E-state index is 0.283. The standard InChI is InChI=1S/C12H12FN3O2/c13-8-3-1-7(2-4-8)10-11(17)15-9(5-6-14)16-12(10)18/h1-4,10H,5-6,14H2,(H,15,16,17,18). The summed E-state index contributed by atoms with van der Waals surface area (Å²) >= 11 is 0. The minimum Gasteiger partial charge on any atom is -0.330 e. The third-order valence-corrected chi connectivity index (χ3v) is 2.61. The van der Waals surface area contributed by atoms with Crippen molar-refractivity contribution in [3.8, 4) is 0 Å². The van der Waals surface area contributed by atoms with Gasteiger partial charge in [0.1, 0.15) is 17.6 Å². The van der Waals surface area contributed by atoms with Crippen molar-refractivity contribution in [1.82, 2.24) is 5.32 Å². The summed E-state index contributed by atoms with van der Waals surface area (Å²) in [6, 6.07) is 5.21. The zero-order valence-electron chi connectivity index (χ0n) is 9.52. The Labute approximate surface area is 103 Å². The van der Waals surface area contributed by atoms with Gasteiger partial charge < -0.3 is 11.1 Å². The van der Waals surface area contributed by atoms with Gasteiger partial charge in [0, 0.05) is 6.42 Å². The molecule has 0 bridgehead atoms. The predicted molar refractivity (Wildman–Crippen MR) is 63.4 cm³/mol. The topological polar surface area (TPSA) is 84.5 Å². The van der Waals surface area contributed by atoms with Crippen molar-refractivity contribution >= 4 is 17.6 Å². The van der Waals surface area contributed by atoms with Crippen LogP contribution in [0.25, 0.3) is 0 Å². The molecule has 2 rings (SSSR count). The van der Waals surface area contributed by atoms with Gasteiger partial charge in [-0.1, -0.05) is 12.1 Å². The van der Waals surface area contributed by atoms with Gasteiger partial charge in [-0.15, -0.1) is 0 Å². The lowest BCUT2D eigenvalue weighted by atomic mass is 9.96. The van der Waals surface area contributed by atoms with E-state index in [9.17, 15) is 14.0 Å². The van der Waals surface area contributed by atoms with E-state index in [1.54, 1.807) is 0 Å². The van der Waals surface area contributed by atoms with Gasteiger partial charge in [0.15, 0.2) is 0 Å². The fourth-order valence-corrected chi connectivity index (χ4v) is 1.76. The number of aliphatic imine (C=N–C) groups is 1. The molecule has 94 valence electrons. The molecule has 1 atom stereocenters. The maximum atomic E-state index is 12.8. The fourth-order valence-electron chi connectivity index (χ4n) is 1.76. The van der Waals surface area contributed by atoms with Crippen LogP contribution >= 0.6 is 0 Å². The third-order valence-electron chi connectivity index (χ3n) is 2.61. The van der Waals surface area contributed by atoms with Crippen LogP contribution < -0.4 is 11.1 Å². The molecule has 1 heterocycles. The highest BCUT2D eigenvalue weighted by Crippen LogP contribution is 2.20. The average Bonchev–Trinajstić information content (AvgIpc) is 2.31. The Bertz CT molecular complexity index is 511. The number of hydrogen-bond donors (Lipinski definition) is 2. The van der Waals surface area contributed by atoms with E-state index in [1.165, 1.54) is 24.3 Å². The molecule has 0 spiro atoms. The molecule has 1 aliphatic rings. The zero-order valence-corrected chi connectivity index (χ0v) is 9.52. The molecule has 0 saturated heterocycles. The number of carbonyl (C=O) groups excluding carboxylic acids is 2. The lowest BCUT2D eigenvalue weighted by molar-refractivity contribution is -0.129. The van der Waals surface area contributed by atoms with Gasteiger partial charge in [0.25, 0.3) is 5.91 Å². The number of benzene rings is 1. The first kappa shape index (κ1) is 12.4. The lowest BCUT2D eigenvalue weighted by Gasteiger charge is -2.20. The molecule has 1 aromatic carbocycles. The van der Waals surface area contributed by atoms with Crippen molar-refractivity contribution in [2.24, 2.45) is 10.7 Å². The average molecular weight is 249 g/mol. The summed E-state index contributed by atoms with van der Waals surface area (Å²) in [5, 5.41) is 2.53. The largest absolute Gasteiger partial charge is 0.330 e. The minimum atomic E-state index is -1.01. The highest BCUT2D eigenvalue weighted by molar-refractivity contribution is 6.19. The highest BCUT2D eigenvalue weighted by atomic mass is 19.1. The zero-order chi connectivity index (χ0) is 13.1. The predicted octanol–water partition coefficient (Wildman–Crippen LogP) is 0.313. The van der Waals surface area contributed by atoms with E-state index in [4.69, 9.17) is 5.73 Å². The van der Waals surface area contributed by atoms with Gasteiger partial charge in [-0.3, -0.25) is 9.59 Å². The molecule has 0 fully saturated rings. The maximum Gasteiger partial charge on any atom is 0.264 e. The monoisotopic (exact) mass is 249 g/mol. The molecule has 1 unspecified atom stereocenters. The number of nitrogens with one attached hydrogen (secondary N) is 1. The molecule has 6 heteroatoms. The number of nitrogens with two attached hydrogens (primary N) is 1. The van der Waals surface area contributed by atoms with Crippen molar-refractivity contribution in [3.63, 3.8) is 0 Å². The van der Waals surface area contributed by atoms with Crippen molar-refractivity contribution < 1.29 is 14.0 Å². The van der Waals surface area contributed by atoms with Crippen LogP contribution in [0.15, 0.2) is 29.3 Å². The molecule has 2 amide bonds. The number of amides is 2. The smallest absolute Gasteiger partial charge is 0.264 e. The van der Waals surface area contributed by atoms with E-state index in [2.05, 4.69) is 10.3 Å². The van der Waals surface area contributed by atoms with Crippen LogP contribution in [0.2, 0.25) is 0 Å². The number of carbonyl (C=O) groups is 2. The molecular formula is C12H12FN3O2. The van der Waals surface area contributed by atoms with Gasteiger partial charge in [-0.05, 0) is 24.2 Å². The van der Waals surface area contributed by atoms with Crippen LogP contribution in [-0.2, 0) is 9.59 Å². The van der Waals surface area contributed by atoms with Gasteiger partial charge in [0.05, 0.1) is 0 Å². The summed E-state index contributed by atoms with van der Waals surface area (Å²) in [5.74, 6) is -2.15. The van der Waals surface area contributed by atoms with Crippen LogP contribution in [0.1, 0.15) is 17.9 Å². The van der Waals surface area contributed by atoms with E-state index in [-0.39, 0.29) is 5.84 Å². The first-order chi connectivity index (χ1) is 8.61. The Morgan fingerprint density at radius 2 is 1.94 bits per heavy atom. The maximum absolute atomic E-state index is 12.8. The molecule has 0 aliphatic carbocycles. The van der Waals surface area contributed by atoms with Gasteiger partial charge in [-0.2, -0.15) is 4.99 Å². The second kappa shape index (κ2) is 5.05. The highest BCUT2D eigenvalue weighted by Gasteiger charge is 2.32. The second-order valence-electron chi connectivity index (χ2n) is 3.91. The van der Waals surface area contributed by atoms with Crippen LogP contribution in [0, 0.1) is 5.82 Å². The number of hydrogen-bond acceptors (Lipinski definition) is 3. The summed E-state index contributed by atoms with van der Waals surface area (Å²) < 4.78 is 12.8. The van der Waals surface area contributed by atoms with Crippen molar-refractivity contribution in [2.45, 2.75) is 12.3 Å². The summed E-state index contributed by atoms with van der Waals surface area (Å²) in [4.78, 5) is 27.4. The van der Waals surface area contributed by atoms with Crippen LogP contribution in [-0.4, -0.2) is 24.2 Å². The number of amidine groups is 1. The SMILES string of the molecule is NCCC1=NC(=O)C(c2ccc(F)cc2)C(=O)N1. The van der Waals surface area contributed by atoms with Crippen LogP contribution in [0.3, 0.4) is 0 Å². The molecule has 0 saturated carbocycles. The number of rotatable bonds is 3.